The highest BCUT2D eigenvalue weighted by Gasteiger charge is 2.10. The van der Waals surface area contributed by atoms with Gasteiger partial charge in [0.2, 0.25) is 17.7 Å². The van der Waals surface area contributed by atoms with E-state index in [9.17, 15) is 4.79 Å². The molecule has 6 heteroatoms. The fraction of sp³-hybridized carbons (Fsp3) is 0.348. The van der Waals surface area contributed by atoms with Crippen LogP contribution in [-0.2, 0) is 24.3 Å². The van der Waals surface area contributed by atoms with Crippen LogP contribution in [0.2, 0.25) is 0 Å². The monoisotopic (exact) mass is 392 g/mol. The first-order chi connectivity index (χ1) is 14.2. The van der Waals surface area contributed by atoms with E-state index < -0.39 is 0 Å². The largest absolute Gasteiger partial charge is 0.421 e. The van der Waals surface area contributed by atoms with E-state index in [0.717, 1.165) is 30.8 Å². The van der Waals surface area contributed by atoms with Crippen LogP contribution in [-0.4, -0.2) is 34.1 Å². The Morgan fingerprint density at radius 2 is 1.66 bits per heavy atom. The van der Waals surface area contributed by atoms with E-state index in [4.69, 9.17) is 4.42 Å². The molecular formula is C23H28N4O2. The fourth-order valence-corrected chi connectivity index (χ4v) is 3.03. The molecule has 1 amide bonds. The molecule has 1 heterocycles. The summed E-state index contributed by atoms with van der Waals surface area (Å²) >= 11 is 0. The number of hydrogen-bond acceptors (Lipinski definition) is 5. The maximum atomic E-state index is 12.1. The Morgan fingerprint density at radius 1 is 0.966 bits per heavy atom. The molecule has 0 saturated heterocycles. The van der Waals surface area contributed by atoms with Crippen LogP contribution < -0.4 is 5.32 Å². The Kier molecular flexibility index (Phi) is 7.53. The van der Waals surface area contributed by atoms with Crippen molar-refractivity contribution in [1.82, 2.24) is 20.4 Å². The second kappa shape index (κ2) is 10.5. The van der Waals surface area contributed by atoms with Crippen LogP contribution >= 0.6 is 0 Å². The predicted octanol–water partition coefficient (Wildman–Crippen LogP) is 3.83. The number of nitrogens with zero attached hydrogens (tertiary/aromatic N) is 3. The molecule has 0 radical (unpaired) electrons. The Balaban J connectivity index is 1.43. The van der Waals surface area contributed by atoms with E-state index >= 15 is 0 Å². The zero-order valence-electron chi connectivity index (χ0n) is 17.1. The maximum absolute atomic E-state index is 12.1. The van der Waals surface area contributed by atoms with Gasteiger partial charge in [0.15, 0.2) is 0 Å². The molecule has 6 nitrogen and oxygen atoms in total. The molecule has 0 aliphatic rings. The molecule has 0 fully saturated rings. The number of aromatic nitrogens is 2. The minimum atomic E-state index is -0.0309. The van der Waals surface area contributed by atoms with Crippen molar-refractivity contribution in [3.63, 3.8) is 0 Å². The van der Waals surface area contributed by atoms with Gasteiger partial charge in [0.25, 0.3) is 0 Å². The highest BCUT2D eigenvalue weighted by Crippen LogP contribution is 2.17. The maximum Gasteiger partial charge on any atom is 0.247 e. The molecule has 1 N–H and O–H groups in total. The summed E-state index contributed by atoms with van der Waals surface area (Å²) in [7, 11) is 0. The van der Waals surface area contributed by atoms with Crippen molar-refractivity contribution >= 4 is 5.91 Å². The highest BCUT2D eigenvalue weighted by atomic mass is 16.4. The first-order valence-corrected chi connectivity index (χ1v) is 10.1. The smallest absolute Gasteiger partial charge is 0.247 e. The van der Waals surface area contributed by atoms with Gasteiger partial charge in [-0.2, -0.15) is 0 Å². The SMILES string of the molecule is CCN(CC)Cc1ccc(CNC(=O)CCc2nnc(-c3ccccc3)o2)cc1. The Morgan fingerprint density at radius 3 is 2.34 bits per heavy atom. The number of amides is 1. The molecule has 0 atom stereocenters. The van der Waals surface area contributed by atoms with Crippen LogP contribution in [0.1, 0.15) is 37.3 Å². The summed E-state index contributed by atoms with van der Waals surface area (Å²) in [5.74, 6) is 0.919. The van der Waals surface area contributed by atoms with Gasteiger partial charge < -0.3 is 9.73 Å². The van der Waals surface area contributed by atoms with Crippen molar-refractivity contribution in [2.24, 2.45) is 0 Å². The Labute approximate surface area is 172 Å². The lowest BCUT2D eigenvalue weighted by molar-refractivity contribution is -0.121. The minimum absolute atomic E-state index is 0.0309. The van der Waals surface area contributed by atoms with E-state index in [1.165, 1.54) is 5.56 Å². The first kappa shape index (κ1) is 20.7. The van der Waals surface area contributed by atoms with Crippen LogP contribution in [0.15, 0.2) is 59.0 Å². The lowest BCUT2D eigenvalue weighted by Crippen LogP contribution is -2.23. The normalized spacial score (nSPS) is 11.0. The lowest BCUT2D eigenvalue weighted by Gasteiger charge is -2.18. The number of carbonyl (C=O) groups is 1. The number of benzene rings is 2. The van der Waals surface area contributed by atoms with E-state index in [2.05, 4.69) is 58.5 Å². The quantitative estimate of drug-likeness (QED) is 0.568. The number of hydrogen-bond donors (Lipinski definition) is 1. The Hall–Kier alpha value is -2.99. The summed E-state index contributed by atoms with van der Waals surface area (Å²) < 4.78 is 5.64. The van der Waals surface area contributed by atoms with E-state index in [0.29, 0.717) is 31.2 Å². The molecule has 2 aromatic carbocycles. The van der Waals surface area contributed by atoms with Crippen LogP contribution in [0.5, 0.6) is 0 Å². The molecule has 3 aromatic rings. The summed E-state index contributed by atoms with van der Waals surface area (Å²) in [6, 6.07) is 18.0. The molecule has 0 bridgehead atoms. The van der Waals surface area contributed by atoms with Crippen molar-refractivity contribution in [2.75, 3.05) is 13.1 Å². The summed E-state index contributed by atoms with van der Waals surface area (Å²) in [6.07, 6.45) is 0.741. The van der Waals surface area contributed by atoms with Crippen LogP contribution in [0.3, 0.4) is 0 Å². The zero-order valence-corrected chi connectivity index (χ0v) is 17.1. The van der Waals surface area contributed by atoms with Crippen LogP contribution in [0.25, 0.3) is 11.5 Å². The second-order valence-electron chi connectivity index (χ2n) is 6.92. The number of carbonyl (C=O) groups excluding carboxylic acids is 1. The van der Waals surface area contributed by atoms with Gasteiger partial charge >= 0.3 is 0 Å². The first-order valence-electron chi connectivity index (χ1n) is 10.1. The van der Waals surface area contributed by atoms with Gasteiger partial charge in [0.05, 0.1) is 0 Å². The van der Waals surface area contributed by atoms with Gasteiger partial charge in [-0.15, -0.1) is 10.2 Å². The summed E-state index contributed by atoms with van der Waals surface area (Å²) in [5.41, 5.74) is 3.25. The third-order valence-corrected chi connectivity index (χ3v) is 4.87. The molecule has 3 rings (SSSR count). The van der Waals surface area contributed by atoms with Crippen molar-refractivity contribution in [1.29, 1.82) is 0 Å². The van der Waals surface area contributed by atoms with Gasteiger partial charge in [0, 0.05) is 31.5 Å². The summed E-state index contributed by atoms with van der Waals surface area (Å²) in [4.78, 5) is 14.5. The molecule has 1 aromatic heterocycles. The fourth-order valence-electron chi connectivity index (χ4n) is 3.03. The van der Waals surface area contributed by atoms with E-state index in [1.54, 1.807) is 0 Å². The van der Waals surface area contributed by atoms with Gasteiger partial charge in [-0.3, -0.25) is 9.69 Å². The van der Waals surface area contributed by atoms with Crippen molar-refractivity contribution in [3.05, 3.63) is 71.6 Å². The number of rotatable bonds is 10. The van der Waals surface area contributed by atoms with Gasteiger partial charge in [-0.1, -0.05) is 56.3 Å². The van der Waals surface area contributed by atoms with Gasteiger partial charge in [-0.05, 0) is 36.3 Å². The minimum Gasteiger partial charge on any atom is -0.421 e. The summed E-state index contributed by atoms with van der Waals surface area (Å²) in [6.45, 7) is 7.90. The number of aryl methyl sites for hydroxylation is 1. The highest BCUT2D eigenvalue weighted by molar-refractivity contribution is 5.76. The van der Waals surface area contributed by atoms with E-state index in [-0.39, 0.29) is 5.91 Å². The number of nitrogens with one attached hydrogen (secondary N) is 1. The van der Waals surface area contributed by atoms with Crippen LogP contribution in [0, 0.1) is 0 Å². The third kappa shape index (κ3) is 6.26. The molecule has 0 unspecified atom stereocenters. The lowest BCUT2D eigenvalue weighted by atomic mass is 10.1. The molecule has 152 valence electrons. The van der Waals surface area contributed by atoms with Crippen LogP contribution in [0.4, 0.5) is 0 Å². The summed E-state index contributed by atoms with van der Waals surface area (Å²) in [5, 5.41) is 11.0. The van der Waals surface area contributed by atoms with E-state index in [1.807, 2.05) is 30.3 Å². The van der Waals surface area contributed by atoms with Gasteiger partial charge in [0.1, 0.15) is 0 Å². The molecule has 0 spiro atoms. The molecule has 0 aliphatic carbocycles. The second-order valence-corrected chi connectivity index (χ2v) is 6.92. The molecule has 29 heavy (non-hydrogen) atoms. The Bertz CT molecular complexity index is 887. The van der Waals surface area contributed by atoms with Crippen molar-refractivity contribution < 1.29 is 9.21 Å². The third-order valence-electron chi connectivity index (χ3n) is 4.87. The average Bonchev–Trinajstić information content (AvgIpc) is 3.25. The topological polar surface area (TPSA) is 71.3 Å². The van der Waals surface area contributed by atoms with Gasteiger partial charge in [-0.25, -0.2) is 0 Å². The molecule has 0 aliphatic heterocycles. The molecule has 0 saturated carbocycles. The van der Waals surface area contributed by atoms with Crippen molar-refractivity contribution in [3.8, 4) is 11.5 Å². The zero-order chi connectivity index (χ0) is 20.5. The standard InChI is InChI=1S/C23H28N4O2/c1-3-27(4-2)17-19-12-10-18(11-13-19)16-24-21(28)14-15-22-25-26-23(29-22)20-8-6-5-7-9-20/h5-13H,3-4,14-17H2,1-2H3,(H,24,28). The average molecular weight is 393 g/mol. The van der Waals surface area contributed by atoms with Crippen molar-refractivity contribution in [2.45, 2.75) is 39.8 Å². The molecular weight excluding hydrogens is 364 g/mol. The predicted molar refractivity (Wildman–Crippen MR) is 113 cm³/mol.